The molecule has 1 aliphatic rings. The molecular weight excluding hydrogens is 322 g/mol. The van der Waals surface area contributed by atoms with Gasteiger partial charge in [-0.2, -0.15) is 4.31 Å². The molecule has 0 aliphatic carbocycles. The second-order valence-electron chi connectivity index (χ2n) is 5.63. The fourth-order valence-corrected chi connectivity index (χ4v) is 4.24. The molecule has 8 nitrogen and oxygen atoms in total. The first-order chi connectivity index (χ1) is 10.8. The summed E-state index contributed by atoms with van der Waals surface area (Å²) in [6.45, 7) is 5.48. The maximum absolute atomic E-state index is 12.8. The molecule has 0 atom stereocenters. The Morgan fingerprint density at radius 2 is 1.74 bits per heavy atom. The summed E-state index contributed by atoms with van der Waals surface area (Å²) in [7, 11) is -3.91. The van der Waals surface area contributed by atoms with Gasteiger partial charge in [0.1, 0.15) is 0 Å². The third-order valence-corrected chi connectivity index (χ3v) is 6.07. The zero-order valence-corrected chi connectivity index (χ0v) is 14.0. The van der Waals surface area contributed by atoms with Crippen molar-refractivity contribution in [3.05, 3.63) is 33.4 Å². The standard InChI is InChI=1S/C14H21N3O5S/c1-11-9-13(17(19)20)14(10-12(11)2)23(21,22)16-5-3-15(4-6-16)7-8-18/h9-10,18H,3-8H2,1-2H3. The minimum atomic E-state index is -3.91. The minimum Gasteiger partial charge on any atom is -0.395 e. The van der Waals surface area contributed by atoms with Gasteiger partial charge in [-0.25, -0.2) is 8.42 Å². The zero-order valence-electron chi connectivity index (χ0n) is 13.2. The van der Waals surface area contributed by atoms with E-state index in [-0.39, 0.29) is 30.3 Å². The average Bonchev–Trinajstić information content (AvgIpc) is 2.50. The number of hydrogen-bond acceptors (Lipinski definition) is 6. The fraction of sp³-hybridized carbons (Fsp3) is 0.571. The van der Waals surface area contributed by atoms with Crippen LogP contribution in [0.25, 0.3) is 0 Å². The quantitative estimate of drug-likeness (QED) is 0.617. The van der Waals surface area contributed by atoms with E-state index in [0.717, 1.165) is 0 Å². The molecule has 0 unspecified atom stereocenters. The molecule has 0 saturated carbocycles. The summed E-state index contributed by atoms with van der Waals surface area (Å²) in [5.74, 6) is 0. The van der Waals surface area contributed by atoms with Gasteiger partial charge in [0.25, 0.3) is 5.69 Å². The van der Waals surface area contributed by atoms with E-state index in [1.54, 1.807) is 13.8 Å². The zero-order chi connectivity index (χ0) is 17.2. The predicted octanol–water partition coefficient (Wildman–Crippen LogP) is 0.510. The highest BCUT2D eigenvalue weighted by atomic mass is 32.2. The summed E-state index contributed by atoms with van der Waals surface area (Å²) in [5, 5.41) is 20.2. The van der Waals surface area contributed by atoms with Gasteiger partial charge < -0.3 is 5.11 Å². The van der Waals surface area contributed by atoms with Crippen LogP contribution in [-0.2, 0) is 10.0 Å². The number of benzene rings is 1. The number of nitro groups is 1. The largest absolute Gasteiger partial charge is 0.395 e. The molecular formula is C14H21N3O5S. The third-order valence-electron chi connectivity index (χ3n) is 4.14. The molecule has 0 spiro atoms. The van der Waals surface area contributed by atoms with Gasteiger partial charge in [0.15, 0.2) is 4.90 Å². The maximum Gasteiger partial charge on any atom is 0.289 e. The van der Waals surface area contributed by atoms with Crippen molar-refractivity contribution in [2.24, 2.45) is 0 Å². The minimum absolute atomic E-state index is 0.0232. The van der Waals surface area contributed by atoms with Crippen molar-refractivity contribution >= 4 is 15.7 Å². The van der Waals surface area contributed by atoms with Crippen molar-refractivity contribution in [2.45, 2.75) is 18.7 Å². The molecule has 0 bridgehead atoms. The van der Waals surface area contributed by atoms with E-state index in [2.05, 4.69) is 0 Å². The SMILES string of the molecule is Cc1cc([N+](=O)[O-])c(S(=O)(=O)N2CCN(CCO)CC2)cc1C. The number of hydrogen-bond donors (Lipinski definition) is 1. The highest BCUT2D eigenvalue weighted by Gasteiger charge is 2.34. The van der Waals surface area contributed by atoms with Gasteiger partial charge in [-0.3, -0.25) is 15.0 Å². The van der Waals surface area contributed by atoms with Crippen LogP contribution in [0.4, 0.5) is 5.69 Å². The molecule has 1 saturated heterocycles. The van der Waals surface area contributed by atoms with E-state index in [1.165, 1.54) is 16.4 Å². The monoisotopic (exact) mass is 343 g/mol. The Morgan fingerprint density at radius 1 is 1.17 bits per heavy atom. The lowest BCUT2D eigenvalue weighted by molar-refractivity contribution is -0.387. The maximum atomic E-state index is 12.8. The van der Waals surface area contributed by atoms with Crippen molar-refractivity contribution < 1.29 is 18.4 Å². The topological polar surface area (TPSA) is 104 Å². The highest BCUT2D eigenvalue weighted by Crippen LogP contribution is 2.30. The molecule has 1 heterocycles. The van der Waals surface area contributed by atoms with Gasteiger partial charge >= 0.3 is 0 Å². The number of sulfonamides is 1. The van der Waals surface area contributed by atoms with Gasteiger partial charge in [0, 0.05) is 38.8 Å². The molecule has 1 N–H and O–H groups in total. The summed E-state index contributed by atoms with van der Waals surface area (Å²) in [6.07, 6.45) is 0. The lowest BCUT2D eigenvalue weighted by Crippen LogP contribution is -2.49. The summed E-state index contributed by atoms with van der Waals surface area (Å²) < 4.78 is 26.9. The number of rotatable bonds is 5. The third kappa shape index (κ3) is 3.69. The Kier molecular flexibility index (Phi) is 5.35. The molecule has 2 rings (SSSR count). The first kappa shape index (κ1) is 17.8. The van der Waals surface area contributed by atoms with Crippen molar-refractivity contribution in [1.29, 1.82) is 0 Å². The van der Waals surface area contributed by atoms with E-state index in [0.29, 0.717) is 30.8 Å². The molecule has 0 aromatic heterocycles. The van der Waals surface area contributed by atoms with E-state index in [4.69, 9.17) is 5.11 Å². The first-order valence-corrected chi connectivity index (χ1v) is 8.80. The average molecular weight is 343 g/mol. The summed E-state index contributed by atoms with van der Waals surface area (Å²) >= 11 is 0. The van der Waals surface area contributed by atoms with Gasteiger partial charge in [-0.15, -0.1) is 0 Å². The molecule has 128 valence electrons. The van der Waals surface area contributed by atoms with Crippen LogP contribution >= 0.6 is 0 Å². The van der Waals surface area contributed by atoms with Crippen LogP contribution < -0.4 is 0 Å². The molecule has 0 amide bonds. The number of piperazine rings is 1. The van der Waals surface area contributed by atoms with Crippen LogP contribution in [0.15, 0.2) is 17.0 Å². The Bertz CT molecular complexity index is 697. The molecule has 9 heteroatoms. The van der Waals surface area contributed by atoms with Crippen LogP contribution in [-0.4, -0.2) is 67.0 Å². The van der Waals surface area contributed by atoms with E-state index >= 15 is 0 Å². The summed E-state index contributed by atoms with van der Waals surface area (Å²) in [6, 6.07) is 2.69. The van der Waals surface area contributed by atoms with E-state index < -0.39 is 14.9 Å². The van der Waals surface area contributed by atoms with Gasteiger partial charge in [0.2, 0.25) is 10.0 Å². The van der Waals surface area contributed by atoms with Crippen LogP contribution in [0.2, 0.25) is 0 Å². The number of β-amino-alcohol motifs (C(OH)–C–C–N with tert-alkyl or cyclic N) is 1. The van der Waals surface area contributed by atoms with E-state index in [9.17, 15) is 18.5 Å². The Balaban J connectivity index is 2.34. The van der Waals surface area contributed by atoms with Crippen molar-refractivity contribution in [1.82, 2.24) is 9.21 Å². The summed E-state index contributed by atoms with van der Waals surface area (Å²) in [5.41, 5.74) is 1.00. The Morgan fingerprint density at radius 3 is 2.26 bits per heavy atom. The summed E-state index contributed by atoms with van der Waals surface area (Å²) in [4.78, 5) is 12.3. The number of nitro benzene ring substituents is 1. The number of aliphatic hydroxyl groups excluding tert-OH is 1. The van der Waals surface area contributed by atoms with Crippen molar-refractivity contribution in [3.63, 3.8) is 0 Å². The van der Waals surface area contributed by atoms with Crippen LogP contribution in [0.1, 0.15) is 11.1 Å². The highest BCUT2D eigenvalue weighted by molar-refractivity contribution is 7.89. The lowest BCUT2D eigenvalue weighted by Gasteiger charge is -2.33. The first-order valence-electron chi connectivity index (χ1n) is 7.36. The molecule has 1 fully saturated rings. The second kappa shape index (κ2) is 6.91. The number of aryl methyl sites for hydroxylation is 2. The normalized spacial score (nSPS) is 17.3. The van der Waals surface area contributed by atoms with E-state index in [1.807, 2.05) is 4.90 Å². The van der Waals surface area contributed by atoms with Gasteiger partial charge in [-0.1, -0.05) is 0 Å². The van der Waals surface area contributed by atoms with Gasteiger partial charge in [-0.05, 0) is 31.0 Å². The lowest BCUT2D eigenvalue weighted by atomic mass is 10.1. The smallest absolute Gasteiger partial charge is 0.289 e. The number of aliphatic hydroxyl groups is 1. The van der Waals surface area contributed by atoms with Crippen LogP contribution in [0.5, 0.6) is 0 Å². The molecule has 0 radical (unpaired) electrons. The Hall–Kier alpha value is -1.55. The fourth-order valence-electron chi connectivity index (χ4n) is 2.60. The van der Waals surface area contributed by atoms with Crippen molar-refractivity contribution in [2.75, 3.05) is 39.3 Å². The molecule has 1 aromatic carbocycles. The van der Waals surface area contributed by atoms with Crippen molar-refractivity contribution in [3.8, 4) is 0 Å². The van der Waals surface area contributed by atoms with Gasteiger partial charge in [0.05, 0.1) is 11.5 Å². The van der Waals surface area contributed by atoms with Crippen LogP contribution in [0.3, 0.4) is 0 Å². The molecule has 23 heavy (non-hydrogen) atoms. The number of nitrogens with zero attached hydrogens (tertiary/aromatic N) is 3. The van der Waals surface area contributed by atoms with Crippen LogP contribution in [0, 0.1) is 24.0 Å². The molecule has 1 aromatic rings. The second-order valence-corrected chi connectivity index (χ2v) is 7.54. The molecule has 1 aliphatic heterocycles. The predicted molar refractivity (Wildman–Crippen MR) is 84.9 cm³/mol. The Labute approximate surface area is 135 Å².